The summed E-state index contributed by atoms with van der Waals surface area (Å²) in [7, 11) is 1.46. The molecule has 4 rings (SSSR count). The van der Waals surface area contributed by atoms with Gasteiger partial charge in [0, 0.05) is 23.6 Å². The Kier molecular flexibility index (Phi) is 7.48. The van der Waals surface area contributed by atoms with Crippen molar-refractivity contribution >= 4 is 40.1 Å². The van der Waals surface area contributed by atoms with Crippen molar-refractivity contribution in [2.24, 2.45) is 0 Å². The van der Waals surface area contributed by atoms with Crippen molar-refractivity contribution < 1.29 is 23.9 Å². The fourth-order valence-corrected chi connectivity index (χ4v) is 4.07. The van der Waals surface area contributed by atoms with E-state index in [-0.39, 0.29) is 5.91 Å². The highest BCUT2D eigenvalue weighted by Gasteiger charge is 2.18. The molecule has 2 amide bonds. The Morgan fingerprint density at radius 2 is 1.70 bits per heavy atom. The summed E-state index contributed by atoms with van der Waals surface area (Å²) in [6.45, 7) is 4.89. The summed E-state index contributed by atoms with van der Waals surface area (Å²) in [6.07, 6.45) is 0. The maximum Gasteiger partial charge on any atom is 0.339 e. The summed E-state index contributed by atoms with van der Waals surface area (Å²) in [5, 5.41) is 5.94. The van der Waals surface area contributed by atoms with Gasteiger partial charge in [-0.15, -0.1) is 0 Å². The molecule has 3 aromatic carbocycles. The van der Waals surface area contributed by atoms with Crippen molar-refractivity contribution in [1.29, 1.82) is 0 Å². The predicted molar refractivity (Wildman–Crippen MR) is 143 cm³/mol. The fourth-order valence-electron chi connectivity index (χ4n) is 4.07. The third-order valence-electron chi connectivity index (χ3n) is 5.72. The van der Waals surface area contributed by atoms with Gasteiger partial charge in [-0.1, -0.05) is 42.0 Å². The van der Waals surface area contributed by atoms with E-state index in [4.69, 9.17) is 14.5 Å². The highest BCUT2D eigenvalue weighted by molar-refractivity contribution is 6.05. The normalized spacial score (nSPS) is 10.6. The Labute approximate surface area is 214 Å². The number of pyridine rings is 1. The summed E-state index contributed by atoms with van der Waals surface area (Å²) in [5.41, 5.74) is 5.52. The monoisotopic (exact) mass is 497 g/mol. The van der Waals surface area contributed by atoms with E-state index in [1.165, 1.54) is 14.0 Å². The number of carbonyl (C=O) groups is 3. The molecule has 0 aliphatic rings. The minimum Gasteiger partial charge on any atom is -0.495 e. The molecule has 37 heavy (non-hydrogen) atoms. The average Bonchev–Trinajstić information content (AvgIpc) is 2.86. The third kappa shape index (κ3) is 5.92. The van der Waals surface area contributed by atoms with Gasteiger partial charge in [-0.25, -0.2) is 9.78 Å². The summed E-state index contributed by atoms with van der Waals surface area (Å²) >= 11 is 0. The maximum absolute atomic E-state index is 13.1. The number of benzene rings is 3. The number of methoxy groups -OCH3 is 1. The number of hydrogen-bond acceptors (Lipinski definition) is 6. The first kappa shape index (κ1) is 25.4. The minimum atomic E-state index is -0.640. The number of esters is 1. The lowest BCUT2D eigenvalue weighted by atomic mass is 9.99. The molecule has 188 valence electrons. The first-order chi connectivity index (χ1) is 17.7. The zero-order valence-electron chi connectivity index (χ0n) is 21.0. The number of hydrogen-bond donors (Lipinski definition) is 2. The highest BCUT2D eigenvalue weighted by Crippen LogP contribution is 2.29. The lowest BCUT2D eigenvalue weighted by molar-refractivity contribution is -0.119. The Morgan fingerprint density at radius 3 is 2.43 bits per heavy atom. The third-order valence-corrected chi connectivity index (χ3v) is 5.72. The number of aromatic nitrogens is 1. The van der Waals surface area contributed by atoms with Crippen molar-refractivity contribution in [3.8, 4) is 17.0 Å². The zero-order valence-corrected chi connectivity index (χ0v) is 21.0. The number of carbonyl (C=O) groups excluding carboxylic acids is 3. The lowest BCUT2D eigenvalue weighted by Crippen LogP contribution is -2.21. The number of anilines is 2. The topological polar surface area (TPSA) is 107 Å². The van der Waals surface area contributed by atoms with Gasteiger partial charge in [0.2, 0.25) is 5.91 Å². The maximum atomic E-state index is 13.1. The summed E-state index contributed by atoms with van der Waals surface area (Å²) in [5.74, 6) is -1.05. The molecule has 4 aromatic rings. The highest BCUT2D eigenvalue weighted by atomic mass is 16.5. The van der Waals surface area contributed by atoms with Crippen LogP contribution in [0, 0.1) is 13.8 Å². The van der Waals surface area contributed by atoms with Crippen LogP contribution in [0.2, 0.25) is 0 Å². The molecular weight excluding hydrogens is 470 g/mol. The molecular formula is C29H27N3O5. The fraction of sp³-hybridized carbons (Fsp3) is 0.172. The molecule has 0 aliphatic carbocycles. The van der Waals surface area contributed by atoms with Crippen molar-refractivity contribution in [2.45, 2.75) is 20.8 Å². The van der Waals surface area contributed by atoms with E-state index >= 15 is 0 Å². The van der Waals surface area contributed by atoms with Gasteiger partial charge in [-0.2, -0.15) is 0 Å². The number of aryl methyl sites for hydroxylation is 2. The molecule has 0 saturated carbocycles. The standard InChI is InChI=1S/C29H27N3O5/c1-17-9-11-21(18(2)13-17)25-15-23(22-7-5-6-8-24(22)31-25)29(35)37-16-28(34)32-26-14-20(30-19(3)33)10-12-27(26)36-4/h5-15H,16H2,1-4H3,(H,30,33)(H,32,34). The molecule has 1 aromatic heterocycles. The van der Waals surface area contributed by atoms with E-state index in [1.54, 1.807) is 30.3 Å². The zero-order chi connectivity index (χ0) is 26.5. The van der Waals surface area contributed by atoms with Gasteiger partial charge in [0.05, 0.1) is 29.6 Å². The van der Waals surface area contributed by atoms with Gasteiger partial charge < -0.3 is 20.1 Å². The number of amides is 2. The number of nitrogens with zero attached hydrogens (tertiary/aromatic N) is 1. The van der Waals surface area contributed by atoms with Crippen LogP contribution in [0.25, 0.3) is 22.2 Å². The Bertz CT molecular complexity index is 1510. The second kappa shape index (κ2) is 10.9. The van der Waals surface area contributed by atoms with Crippen LogP contribution < -0.4 is 15.4 Å². The van der Waals surface area contributed by atoms with Crippen molar-refractivity contribution in [3.05, 3.63) is 83.4 Å². The molecule has 0 unspecified atom stereocenters. The number of ether oxygens (including phenoxy) is 2. The summed E-state index contributed by atoms with van der Waals surface area (Å²) < 4.78 is 10.7. The predicted octanol–water partition coefficient (Wildman–Crippen LogP) is 5.28. The SMILES string of the molecule is COc1ccc(NC(C)=O)cc1NC(=O)COC(=O)c1cc(-c2ccc(C)cc2C)nc2ccccc12. The Morgan fingerprint density at radius 1 is 0.919 bits per heavy atom. The van der Waals surface area contributed by atoms with E-state index in [0.29, 0.717) is 39.3 Å². The molecule has 0 saturated heterocycles. The smallest absolute Gasteiger partial charge is 0.339 e. The van der Waals surface area contributed by atoms with E-state index in [9.17, 15) is 14.4 Å². The molecule has 8 heteroatoms. The van der Waals surface area contributed by atoms with Crippen LogP contribution in [0.3, 0.4) is 0 Å². The van der Waals surface area contributed by atoms with Crippen LogP contribution in [0.5, 0.6) is 5.75 Å². The molecule has 0 atom stereocenters. The van der Waals surface area contributed by atoms with Crippen molar-refractivity contribution in [3.63, 3.8) is 0 Å². The van der Waals surface area contributed by atoms with E-state index in [2.05, 4.69) is 16.7 Å². The lowest BCUT2D eigenvalue weighted by Gasteiger charge is -2.13. The van der Waals surface area contributed by atoms with Gasteiger partial charge >= 0.3 is 5.97 Å². The van der Waals surface area contributed by atoms with Crippen LogP contribution in [-0.4, -0.2) is 36.5 Å². The van der Waals surface area contributed by atoms with Crippen LogP contribution >= 0.6 is 0 Å². The van der Waals surface area contributed by atoms with Crippen LogP contribution in [0.15, 0.2) is 66.7 Å². The van der Waals surface area contributed by atoms with Gasteiger partial charge in [0.1, 0.15) is 5.75 Å². The molecule has 0 fully saturated rings. The molecule has 0 bridgehead atoms. The number of para-hydroxylation sites is 1. The minimum absolute atomic E-state index is 0.249. The number of nitrogens with one attached hydrogen (secondary N) is 2. The van der Waals surface area contributed by atoms with Crippen LogP contribution in [-0.2, 0) is 14.3 Å². The summed E-state index contributed by atoms with van der Waals surface area (Å²) in [4.78, 5) is 41.9. The van der Waals surface area contributed by atoms with E-state index < -0.39 is 18.5 Å². The largest absolute Gasteiger partial charge is 0.495 e. The van der Waals surface area contributed by atoms with Gasteiger partial charge in [-0.3, -0.25) is 9.59 Å². The van der Waals surface area contributed by atoms with Gasteiger partial charge in [-0.05, 0) is 49.7 Å². The Balaban J connectivity index is 1.56. The molecule has 0 spiro atoms. The van der Waals surface area contributed by atoms with Crippen molar-refractivity contribution in [2.75, 3.05) is 24.4 Å². The quantitative estimate of drug-likeness (QED) is 0.337. The summed E-state index contributed by atoms with van der Waals surface area (Å²) in [6, 6.07) is 19.9. The second-order valence-electron chi connectivity index (χ2n) is 8.61. The molecule has 0 radical (unpaired) electrons. The van der Waals surface area contributed by atoms with Crippen LogP contribution in [0.1, 0.15) is 28.4 Å². The number of fused-ring (bicyclic) bond motifs is 1. The first-order valence-electron chi connectivity index (χ1n) is 11.6. The molecule has 2 N–H and O–H groups in total. The van der Waals surface area contributed by atoms with E-state index in [0.717, 1.165) is 16.7 Å². The average molecular weight is 498 g/mol. The first-order valence-corrected chi connectivity index (χ1v) is 11.6. The molecule has 8 nitrogen and oxygen atoms in total. The van der Waals surface area contributed by atoms with Gasteiger partial charge in [0.15, 0.2) is 6.61 Å². The van der Waals surface area contributed by atoms with Crippen LogP contribution in [0.4, 0.5) is 11.4 Å². The number of rotatable bonds is 7. The van der Waals surface area contributed by atoms with Crippen molar-refractivity contribution in [1.82, 2.24) is 4.98 Å². The second-order valence-corrected chi connectivity index (χ2v) is 8.61. The molecule has 0 aliphatic heterocycles. The van der Waals surface area contributed by atoms with E-state index in [1.807, 2.05) is 44.2 Å². The Hall–Kier alpha value is -4.72. The van der Waals surface area contributed by atoms with Gasteiger partial charge in [0.25, 0.3) is 5.91 Å². The molecule has 1 heterocycles.